The number of nitrogens with one attached hydrogen (secondary N) is 1. The van der Waals surface area contributed by atoms with Gasteiger partial charge in [-0.1, -0.05) is 55.9 Å². The lowest BCUT2D eigenvalue weighted by Crippen LogP contribution is -2.07. The summed E-state index contributed by atoms with van der Waals surface area (Å²) in [5.41, 5.74) is 3.46. The number of Topliss-reactive ketones (excluding diaryl/α,β-unsaturated/α-hetero) is 1. The summed E-state index contributed by atoms with van der Waals surface area (Å²) < 4.78 is 2.49. The number of H-pyrrole nitrogens is 1. The third kappa shape index (κ3) is 3.44. The average Bonchev–Trinajstić information content (AvgIpc) is 3.00. The van der Waals surface area contributed by atoms with Crippen molar-refractivity contribution in [2.24, 2.45) is 0 Å². The smallest absolute Gasteiger partial charge is 0.134 e. The van der Waals surface area contributed by atoms with Crippen LogP contribution in [0.15, 0.2) is 36.7 Å². The predicted octanol–water partition coefficient (Wildman–Crippen LogP) is 4.78. The quantitative estimate of drug-likeness (QED) is 0.612. The number of nitrogens with zero attached hydrogens (tertiary/aromatic N) is 3. The molecular weight excluding hydrogens is 344 g/mol. The number of nitriles is 1. The van der Waals surface area contributed by atoms with E-state index in [2.05, 4.69) is 23.0 Å². The fourth-order valence-corrected chi connectivity index (χ4v) is 3.41. The molecule has 6 heteroatoms. The highest BCUT2D eigenvalue weighted by molar-refractivity contribution is 7.71. The summed E-state index contributed by atoms with van der Waals surface area (Å²) in [5, 5.41) is 9.76. The third-order valence-electron chi connectivity index (χ3n) is 4.42. The second-order valence-corrected chi connectivity index (χ2v) is 6.58. The Morgan fingerprint density at radius 2 is 2.08 bits per heavy atom. The van der Waals surface area contributed by atoms with Crippen molar-refractivity contribution in [1.82, 2.24) is 14.5 Å². The predicted molar refractivity (Wildman–Crippen MR) is 104 cm³/mol. The average molecular weight is 364 g/mol. The van der Waals surface area contributed by atoms with Crippen LogP contribution in [0.4, 0.5) is 0 Å². The lowest BCUT2D eigenvalue weighted by atomic mass is 10.1. The van der Waals surface area contributed by atoms with Gasteiger partial charge >= 0.3 is 0 Å². The summed E-state index contributed by atoms with van der Waals surface area (Å²) in [4.78, 5) is 19.5. The van der Waals surface area contributed by atoms with Crippen molar-refractivity contribution in [3.05, 3.63) is 46.9 Å². The zero-order valence-corrected chi connectivity index (χ0v) is 15.5. The van der Waals surface area contributed by atoms with Gasteiger partial charge in [0.2, 0.25) is 0 Å². The number of hydrogen-bond donors (Lipinski definition) is 1. The van der Waals surface area contributed by atoms with Crippen LogP contribution in [0.25, 0.3) is 22.3 Å². The first-order chi connectivity index (χ1) is 12.7. The highest BCUT2D eigenvalue weighted by Gasteiger charge is 2.21. The van der Waals surface area contributed by atoms with Crippen LogP contribution in [0.5, 0.6) is 0 Å². The second-order valence-electron chi connectivity index (χ2n) is 6.17. The largest absolute Gasteiger partial charge is 0.336 e. The molecule has 0 radical (unpaired) electrons. The van der Waals surface area contributed by atoms with Crippen molar-refractivity contribution in [3.8, 4) is 17.3 Å². The van der Waals surface area contributed by atoms with E-state index in [4.69, 9.17) is 12.2 Å². The summed E-state index contributed by atoms with van der Waals surface area (Å²) in [5.74, 6) is 0.227. The number of fused-ring (bicyclic) bond motifs is 1. The van der Waals surface area contributed by atoms with E-state index in [1.54, 1.807) is 0 Å². The first-order valence-corrected chi connectivity index (χ1v) is 9.15. The molecule has 0 bridgehead atoms. The number of rotatable bonds is 7. The first-order valence-electron chi connectivity index (χ1n) is 8.74. The Hall–Kier alpha value is -2.78. The Bertz CT molecular complexity index is 1030. The standard InChI is InChI=1S/C20H20N4OS/c1-2-3-9-15(25)10-11-24-18(14-7-5-4-6-8-14)16(12-21)17-19(24)20(26)23-13-22-17/h4-8,13H,2-3,9-11H2,1H3,(H,22,23,26). The van der Waals surface area contributed by atoms with Gasteiger partial charge in [-0.2, -0.15) is 5.26 Å². The van der Waals surface area contributed by atoms with Gasteiger partial charge < -0.3 is 9.55 Å². The summed E-state index contributed by atoms with van der Waals surface area (Å²) in [6, 6.07) is 12.0. The minimum absolute atomic E-state index is 0.227. The van der Waals surface area contributed by atoms with E-state index < -0.39 is 0 Å². The van der Waals surface area contributed by atoms with Gasteiger partial charge in [-0.15, -0.1) is 0 Å². The molecule has 3 aromatic rings. The highest BCUT2D eigenvalue weighted by atomic mass is 32.1. The molecule has 2 heterocycles. The molecule has 132 valence electrons. The van der Waals surface area contributed by atoms with Gasteiger partial charge in [0.25, 0.3) is 0 Å². The summed E-state index contributed by atoms with van der Waals surface area (Å²) >= 11 is 5.45. The van der Waals surface area contributed by atoms with Gasteiger partial charge in [-0.05, 0) is 12.0 Å². The molecule has 0 aliphatic carbocycles. The number of benzene rings is 1. The molecule has 5 nitrogen and oxygen atoms in total. The minimum atomic E-state index is 0.227. The third-order valence-corrected chi connectivity index (χ3v) is 4.74. The number of hydrogen-bond acceptors (Lipinski definition) is 4. The number of ketones is 1. The van der Waals surface area contributed by atoms with E-state index >= 15 is 0 Å². The van der Waals surface area contributed by atoms with Crippen molar-refractivity contribution in [2.45, 2.75) is 39.2 Å². The fourth-order valence-electron chi connectivity index (χ4n) is 3.15. The molecule has 3 rings (SSSR count). The van der Waals surface area contributed by atoms with Gasteiger partial charge in [0, 0.05) is 19.4 Å². The van der Waals surface area contributed by atoms with Crippen molar-refractivity contribution in [3.63, 3.8) is 0 Å². The monoisotopic (exact) mass is 364 g/mol. The molecule has 1 aromatic carbocycles. The van der Waals surface area contributed by atoms with Crippen molar-refractivity contribution in [2.75, 3.05) is 0 Å². The summed E-state index contributed by atoms with van der Waals surface area (Å²) in [6.45, 7) is 2.55. The lowest BCUT2D eigenvalue weighted by molar-refractivity contribution is -0.119. The maximum Gasteiger partial charge on any atom is 0.134 e. The van der Waals surface area contributed by atoms with E-state index in [1.807, 2.05) is 34.9 Å². The Kier molecular flexibility index (Phi) is 5.59. The van der Waals surface area contributed by atoms with Crippen LogP contribution < -0.4 is 0 Å². The second kappa shape index (κ2) is 8.07. The number of aromatic amines is 1. The normalized spacial score (nSPS) is 10.8. The van der Waals surface area contributed by atoms with E-state index in [1.165, 1.54) is 6.33 Å². The topological polar surface area (TPSA) is 74.5 Å². The van der Waals surface area contributed by atoms with Crippen LogP contribution in [-0.4, -0.2) is 20.3 Å². The van der Waals surface area contributed by atoms with Crippen LogP contribution in [0.3, 0.4) is 0 Å². The fraction of sp³-hybridized carbons (Fsp3) is 0.300. The van der Waals surface area contributed by atoms with Crippen molar-refractivity contribution in [1.29, 1.82) is 5.26 Å². The zero-order valence-electron chi connectivity index (χ0n) is 14.7. The highest BCUT2D eigenvalue weighted by Crippen LogP contribution is 2.32. The molecule has 0 saturated carbocycles. The summed E-state index contributed by atoms with van der Waals surface area (Å²) in [7, 11) is 0. The molecule has 0 aliphatic heterocycles. The van der Waals surface area contributed by atoms with Gasteiger partial charge in [-0.3, -0.25) is 4.79 Å². The minimum Gasteiger partial charge on any atom is -0.336 e. The van der Waals surface area contributed by atoms with Crippen molar-refractivity contribution < 1.29 is 4.79 Å². The van der Waals surface area contributed by atoms with Gasteiger partial charge in [0.1, 0.15) is 33.1 Å². The maximum atomic E-state index is 12.2. The van der Waals surface area contributed by atoms with E-state index in [0.717, 1.165) is 24.1 Å². The summed E-state index contributed by atoms with van der Waals surface area (Å²) in [6.07, 6.45) is 4.42. The maximum absolute atomic E-state index is 12.2. The number of aromatic nitrogens is 3. The Labute approximate surface area is 157 Å². The molecule has 0 amide bonds. The zero-order chi connectivity index (χ0) is 18.5. The molecule has 0 saturated heterocycles. The number of carbonyl (C=O) groups is 1. The molecule has 26 heavy (non-hydrogen) atoms. The van der Waals surface area contributed by atoms with Gasteiger partial charge in [-0.25, -0.2) is 4.98 Å². The van der Waals surface area contributed by atoms with Crippen LogP contribution in [0.2, 0.25) is 0 Å². The Morgan fingerprint density at radius 1 is 1.31 bits per heavy atom. The van der Waals surface area contributed by atoms with Gasteiger partial charge in [0.05, 0.1) is 12.0 Å². The number of carbonyl (C=O) groups excluding carboxylic acids is 1. The van der Waals surface area contributed by atoms with E-state index in [-0.39, 0.29) is 5.78 Å². The van der Waals surface area contributed by atoms with Crippen LogP contribution in [0.1, 0.15) is 38.2 Å². The Morgan fingerprint density at radius 3 is 2.77 bits per heavy atom. The molecule has 2 aromatic heterocycles. The van der Waals surface area contributed by atoms with Crippen LogP contribution in [0, 0.1) is 16.0 Å². The van der Waals surface area contributed by atoms with Gasteiger partial charge in [0.15, 0.2) is 0 Å². The molecule has 0 aliphatic rings. The molecule has 0 spiro atoms. The van der Waals surface area contributed by atoms with Crippen LogP contribution in [-0.2, 0) is 11.3 Å². The molecule has 1 N–H and O–H groups in total. The van der Waals surface area contributed by atoms with E-state index in [9.17, 15) is 10.1 Å². The number of aryl methyl sites for hydroxylation is 1. The van der Waals surface area contributed by atoms with Crippen molar-refractivity contribution >= 4 is 29.0 Å². The van der Waals surface area contributed by atoms with E-state index in [0.29, 0.717) is 40.6 Å². The molecule has 0 fully saturated rings. The number of unbranched alkanes of at least 4 members (excludes halogenated alkanes) is 1. The molecular formula is C20H20N4OS. The van der Waals surface area contributed by atoms with Crippen LogP contribution >= 0.6 is 12.2 Å². The lowest BCUT2D eigenvalue weighted by Gasteiger charge is -2.11. The SMILES string of the molecule is CCCCC(=O)CCn1c(-c2ccccc2)c(C#N)c2nc[nH]c(=S)c21. The Balaban J connectivity index is 2.15. The first kappa shape index (κ1) is 18.0. The molecule has 0 unspecified atom stereocenters. The molecule has 0 atom stereocenters.